The van der Waals surface area contributed by atoms with E-state index in [1.165, 1.54) is 0 Å². The Hall–Kier alpha value is -0.0400. The van der Waals surface area contributed by atoms with Crippen molar-refractivity contribution in [3.05, 3.63) is 0 Å². The minimum absolute atomic E-state index is 0.258. The van der Waals surface area contributed by atoms with Crippen LogP contribution in [-0.2, 0) is 9.47 Å². The lowest BCUT2D eigenvalue weighted by Gasteiger charge is -2.18. The van der Waals surface area contributed by atoms with Crippen LogP contribution in [-0.4, -0.2) is 18.0 Å². The van der Waals surface area contributed by atoms with Gasteiger partial charge in [-0.25, -0.2) is 0 Å². The summed E-state index contributed by atoms with van der Waals surface area (Å²) in [5.74, 6) is 3.16. The van der Waals surface area contributed by atoms with Crippen molar-refractivity contribution in [2.45, 2.75) is 44.7 Å². The third-order valence-corrected chi connectivity index (χ3v) is 2.81. The van der Waals surface area contributed by atoms with Gasteiger partial charge in [-0.15, -0.1) is 0 Å². The first-order valence-corrected chi connectivity index (χ1v) is 5.37. The zero-order valence-electron chi connectivity index (χ0n) is 7.84. The molecule has 0 aromatic heterocycles. The van der Waals surface area contributed by atoms with E-state index in [4.69, 9.17) is 9.47 Å². The molecular weight excluding hydrogens is 232 g/mol. The number of ether oxygens (including phenoxy) is 2. The zero-order chi connectivity index (χ0) is 9.47. The molecule has 0 spiro atoms. The summed E-state index contributed by atoms with van der Waals surface area (Å²) in [6, 6.07) is 0. The van der Waals surface area contributed by atoms with E-state index in [0.717, 1.165) is 12.8 Å². The Labute approximate surface area is 87.1 Å². The van der Waals surface area contributed by atoms with Crippen LogP contribution < -0.4 is 0 Å². The van der Waals surface area contributed by atoms with Crippen LogP contribution in [0.3, 0.4) is 0 Å². The van der Waals surface area contributed by atoms with E-state index in [2.05, 4.69) is 26.7 Å². The monoisotopic (exact) mass is 244 g/mol. The SMILES string of the molecule is CC1(C)O[C@H]2CC(C#CBr)C[C@@H]2O1. The van der Waals surface area contributed by atoms with Crippen LogP contribution in [0.1, 0.15) is 26.7 Å². The second-order valence-corrected chi connectivity index (χ2v) is 4.52. The van der Waals surface area contributed by atoms with E-state index in [9.17, 15) is 0 Å². The van der Waals surface area contributed by atoms with E-state index in [0.29, 0.717) is 5.92 Å². The normalized spacial score (nSPS) is 36.8. The number of hydrogen-bond acceptors (Lipinski definition) is 2. The molecule has 2 rings (SSSR count). The Morgan fingerprint density at radius 3 is 2.23 bits per heavy atom. The maximum absolute atomic E-state index is 5.74. The summed E-state index contributed by atoms with van der Waals surface area (Å²) in [6.07, 6.45) is 2.53. The van der Waals surface area contributed by atoms with Gasteiger partial charge >= 0.3 is 0 Å². The lowest BCUT2D eigenvalue weighted by molar-refractivity contribution is -0.152. The molecule has 0 aromatic carbocycles. The van der Waals surface area contributed by atoms with E-state index >= 15 is 0 Å². The van der Waals surface area contributed by atoms with Gasteiger partial charge in [-0.05, 0) is 31.5 Å². The molecule has 2 nitrogen and oxygen atoms in total. The smallest absolute Gasteiger partial charge is 0.163 e. The van der Waals surface area contributed by atoms with Gasteiger partial charge < -0.3 is 9.47 Å². The summed E-state index contributed by atoms with van der Waals surface area (Å²) in [5.41, 5.74) is 0. The Kier molecular flexibility index (Phi) is 2.39. The summed E-state index contributed by atoms with van der Waals surface area (Å²) in [7, 11) is 0. The summed E-state index contributed by atoms with van der Waals surface area (Å²) in [5, 5.41) is 0. The standard InChI is InChI=1S/C10H13BrO2/c1-10(2)12-8-5-7(3-4-11)6-9(8)13-10/h7-9H,5-6H2,1-2H3/t8-,9-/m0/s1. The lowest BCUT2D eigenvalue weighted by Crippen LogP contribution is -2.22. The van der Waals surface area contributed by atoms with Gasteiger partial charge in [0.1, 0.15) is 0 Å². The molecular formula is C10H13BrO2. The van der Waals surface area contributed by atoms with Gasteiger partial charge in [-0.3, -0.25) is 0 Å². The molecule has 0 unspecified atom stereocenters. The largest absolute Gasteiger partial charge is 0.345 e. The number of fused-ring (bicyclic) bond motifs is 1. The highest BCUT2D eigenvalue weighted by Gasteiger charge is 2.46. The first kappa shape index (κ1) is 9.51. The number of hydrogen-bond donors (Lipinski definition) is 0. The molecule has 2 fully saturated rings. The molecule has 1 saturated carbocycles. The van der Waals surface area contributed by atoms with Gasteiger partial charge in [0.15, 0.2) is 5.79 Å². The van der Waals surface area contributed by atoms with Gasteiger partial charge in [-0.2, -0.15) is 0 Å². The van der Waals surface area contributed by atoms with Crippen molar-refractivity contribution in [3.63, 3.8) is 0 Å². The molecule has 2 aliphatic rings. The van der Waals surface area contributed by atoms with Gasteiger partial charge in [0, 0.05) is 21.8 Å². The van der Waals surface area contributed by atoms with Gasteiger partial charge in [0.2, 0.25) is 0 Å². The number of rotatable bonds is 0. The maximum Gasteiger partial charge on any atom is 0.163 e. The molecule has 0 N–H and O–H groups in total. The fraction of sp³-hybridized carbons (Fsp3) is 0.800. The molecule has 0 bridgehead atoms. The predicted molar refractivity (Wildman–Crippen MR) is 53.3 cm³/mol. The van der Waals surface area contributed by atoms with Crippen LogP contribution >= 0.6 is 15.9 Å². The second kappa shape index (κ2) is 3.27. The average molecular weight is 245 g/mol. The van der Waals surface area contributed by atoms with E-state index in [1.54, 1.807) is 0 Å². The molecule has 1 aliphatic carbocycles. The summed E-state index contributed by atoms with van der Waals surface area (Å²) < 4.78 is 11.5. The zero-order valence-corrected chi connectivity index (χ0v) is 9.43. The third-order valence-electron chi connectivity index (χ3n) is 2.58. The minimum Gasteiger partial charge on any atom is -0.345 e. The Balaban J connectivity index is 1.99. The number of halogens is 1. The van der Waals surface area contributed by atoms with Crippen LogP contribution in [0.4, 0.5) is 0 Å². The minimum atomic E-state index is -0.387. The van der Waals surface area contributed by atoms with Crippen LogP contribution in [0, 0.1) is 16.7 Å². The molecule has 3 heteroatoms. The van der Waals surface area contributed by atoms with Gasteiger partial charge in [0.25, 0.3) is 0 Å². The van der Waals surface area contributed by atoms with Crippen LogP contribution in [0.15, 0.2) is 0 Å². The van der Waals surface area contributed by atoms with E-state index in [1.807, 2.05) is 13.8 Å². The van der Waals surface area contributed by atoms with Gasteiger partial charge in [0.05, 0.1) is 12.2 Å². The third kappa shape index (κ3) is 1.90. The first-order chi connectivity index (χ1) is 6.11. The highest BCUT2D eigenvalue weighted by molar-refractivity contribution is 9.12. The van der Waals surface area contributed by atoms with Crippen molar-refractivity contribution in [1.82, 2.24) is 0 Å². The molecule has 13 heavy (non-hydrogen) atoms. The molecule has 72 valence electrons. The first-order valence-electron chi connectivity index (χ1n) is 4.57. The molecule has 0 radical (unpaired) electrons. The predicted octanol–water partition coefficient (Wildman–Crippen LogP) is 2.27. The van der Waals surface area contributed by atoms with Crippen molar-refractivity contribution in [2.75, 3.05) is 0 Å². The summed E-state index contributed by atoms with van der Waals surface area (Å²) in [6.45, 7) is 3.94. The summed E-state index contributed by atoms with van der Waals surface area (Å²) in [4.78, 5) is 2.77. The highest BCUT2D eigenvalue weighted by Crippen LogP contribution is 2.40. The quantitative estimate of drug-likeness (QED) is 0.609. The molecule has 0 amide bonds. The van der Waals surface area contributed by atoms with Crippen molar-refractivity contribution in [1.29, 1.82) is 0 Å². The average Bonchev–Trinajstić information content (AvgIpc) is 2.41. The molecule has 0 aromatic rings. The molecule has 1 heterocycles. The van der Waals surface area contributed by atoms with E-state index in [-0.39, 0.29) is 18.0 Å². The topological polar surface area (TPSA) is 18.5 Å². The molecule has 1 saturated heterocycles. The Morgan fingerprint density at radius 1 is 1.23 bits per heavy atom. The fourth-order valence-corrected chi connectivity index (χ4v) is 2.48. The van der Waals surface area contributed by atoms with Crippen LogP contribution in [0.25, 0.3) is 0 Å². The maximum atomic E-state index is 5.74. The van der Waals surface area contributed by atoms with Crippen molar-refractivity contribution >= 4 is 15.9 Å². The van der Waals surface area contributed by atoms with Crippen LogP contribution in [0.2, 0.25) is 0 Å². The Morgan fingerprint density at radius 2 is 1.77 bits per heavy atom. The fourth-order valence-electron chi connectivity index (χ4n) is 2.16. The molecule has 1 aliphatic heterocycles. The lowest BCUT2D eigenvalue weighted by atomic mass is 10.1. The summed E-state index contributed by atoms with van der Waals surface area (Å²) >= 11 is 3.12. The molecule has 2 atom stereocenters. The van der Waals surface area contributed by atoms with Crippen molar-refractivity contribution < 1.29 is 9.47 Å². The van der Waals surface area contributed by atoms with Gasteiger partial charge in [-0.1, -0.05) is 5.92 Å². The highest BCUT2D eigenvalue weighted by atomic mass is 79.9. The van der Waals surface area contributed by atoms with E-state index < -0.39 is 0 Å². The van der Waals surface area contributed by atoms with Crippen LogP contribution in [0.5, 0.6) is 0 Å². The van der Waals surface area contributed by atoms with Crippen molar-refractivity contribution in [2.24, 2.45) is 5.92 Å². The second-order valence-electron chi connectivity index (χ2n) is 4.12. The van der Waals surface area contributed by atoms with Crippen molar-refractivity contribution in [3.8, 4) is 10.8 Å². The Bertz CT molecular complexity index is 248.